The van der Waals surface area contributed by atoms with Crippen LogP contribution in [0.15, 0.2) is 54.6 Å². The van der Waals surface area contributed by atoms with Crippen molar-refractivity contribution in [3.8, 4) is 5.75 Å². The lowest BCUT2D eigenvalue weighted by atomic mass is 10.2. The number of anilines is 1. The minimum Gasteiger partial charge on any atom is -0.469 e. The molecule has 2 aromatic rings. The van der Waals surface area contributed by atoms with Crippen LogP contribution in [0.4, 0.5) is 5.69 Å². The second-order valence-corrected chi connectivity index (χ2v) is 5.12. The summed E-state index contributed by atoms with van der Waals surface area (Å²) in [6.45, 7) is 4.87. The molecule has 20 heavy (non-hydrogen) atoms. The van der Waals surface area contributed by atoms with Crippen LogP contribution in [0, 0.1) is 6.92 Å². The Balaban J connectivity index is 1.77. The largest absolute Gasteiger partial charge is 0.469 e. The standard InChI is InChI=1S/C17H20N2O/c1-14-7-9-16(10-8-14)20-17-13-18-11-12-19(17)15-5-3-2-4-6-15/h2-10,17-18H,11-13H2,1H3/t17-/m1/s1. The Morgan fingerprint density at radius 2 is 1.80 bits per heavy atom. The number of rotatable bonds is 3. The molecule has 0 amide bonds. The monoisotopic (exact) mass is 268 g/mol. The molecule has 3 heteroatoms. The summed E-state index contributed by atoms with van der Waals surface area (Å²) >= 11 is 0. The number of nitrogens with one attached hydrogen (secondary N) is 1. The number of benzene rings is 2. The maximum absolute atomic E-state index is 6.14. The molecule has 0 bridgehead atoms. The highest BCUT2D eigenvalue weighted by molar-refractivity contribution is 5.47. The number of piperazine rings is 1. The zero-order valence-corrected chi connectivity index (χ0v) is 11.8. The molecule has 2 aromatic carbocycles. The van der Waals surface area contributed by atoms with Gasteiger partial charge in [-0.3, -0.25) is 0 Å². The summed E-state index contributed by atoms with van der Waals surface area (Å²) in [6, 6.07) is 18.7. The van der Waals surface area contributed by atoms with Crippen LogP contribution in [0.3, 0.4) is 0 Å². The number of nitrogens with zero attached hydrogens (tertiary/aromatic N) is 1. The van der Waals surface area contributed by atoms with Crippen LogP contribution in [-0.2, 0) is 0 Å². The number of aryl methyl sites for hydroxylation is 1. The lowest BCUT2D eigenvalue weighted by Gasteiger charge is -2.37. The average Bonchev–Trinajstić information content (AvgIpc) is 2.51. The van der Waals surface area contributed by atoms with E-state index in [0.29, 0.717) is 0 Å². The fourth-order valence-electron chi connectivity index (χ4n) is 2.47. The van der Waals surface area contributed by atoms with E-state index in [2.05, 4.69) is 53.5 Å². The second kappa shape index (κ2) is 5.97. The van der Waals surface area contributed by atoms with Crippen molar-refractivity contribution in [2.24, 2.45) is 0 Å². The summed E-state index contributed by atoms with van der Waals surface area (Å²) in [7, 11) is 0. The van der Waals surface area contributed by atoms with Gasteiger partial charge in [0.1, 0.15) is 5.75 Å². The van der Waals surface area contributed by atoms with Crippen molar-refractivity contribution in [2.45, 2.75) is 13.2 Å². The smallest absolute Gasteiger partial charge is 0.184 e. The fraction of sp³-hybridized carbons (Fsp3) is 0.294. The molecule has 0 saturated carbocycles. The van der Waals surface area contributed by atoms with E-state index in [4.69, 9.17) is 4.74 Å². The molecule has 1 atom stereocenters. The normalized spacial score (nSPS) is 18.9. The molecular weight excluding hydrogens is 248 g/mol. The number of para-hydroxylation sites is 1. The number of hydrogen-bond donors (Lipinski definition) is 1. The van der Waals surface area contributed by atoms with Crippen LogP contribution in [0.2, 0.25) is 0 Å². The summed E-state index contributed by atoms with van der Waals surface area (Å²) in [4.78, 5) is 2.32. The zero-order valence-electron chi connectivity index (χ0n) is 11.8. The van der Waals surface area contributed by atoms with E-state index in [1.54, 1.807) is 0 Å². The number of hydrogen-bond acceptors (Lipinski definition) is 3. The quantitative estimate of drug-likeness (QED) is 0.926. The molecule has 1 aliphatic heterocycles. The third-order valence-corrected chi connectivity index (χ3v) is 3.58. The third kappa shape index (κ3) is 2.94. The first-order valence-electron chi connectivity index (χ1n) is 7.09. The first-order chi connectivity index (χ1) is 9.83. The second-order valence-electron chi connectivity index (χ2n) is 5.12. The van der Waals surface area contributed by atoms with Gasteiger partial charge in [0.15, 0.2) is 6.23 Å². The van der Waals surface area contributed by atoms with Crippen LogP contribution in [0.5, 0.6) is 5.75 Å². The summed E-state index contributed by atoms with van der Waals surface area (Å²) < 4.78 is 6.14. The molecule has 3 rings (SSSR count). The lowest BCUT2D eigenvalue weighted by molar-refractivity contribution is 0.176. The maximum atomic E-state index is 6.14. The van der Waals surface area contributed by atoms with Gasteiger partial charge in [0, 0.05) is 18.8 Å². The summed E-state index contributed by atoms with van der Waals surface area (Å²) in [6.07, 6.45) is 0.0360. The van der Waals surface area contributed by atoms with Gasteiger partial charge in [0.25, 0.3) is 0 Å². The SMILES string of the molecule is Cc1ccc(O[C@@H]2CNCCN2c2ccccc2)cc1. The average molecular weight is 268 g/mol. The Hall–Kier alpha value is -2.00. The minimum atomic E-state index is 0.0360. The molecule has 1 saturated heterocycles. The van der Waals surface area contributed by atoms with E-state index in [-0.39, 0.29) is 6.23 Å². The van der Waals surface area contributed by atoms with Crippen LogP contribution < -0.4 is 15.0 Å². The van der Waals surface area contributed by atoms with Crippen molar-refractivity contribution in [2.75, 3.05) is 24.5 Å². The van der Waals surface area contributed by atoms with Gasteiger partial charge < -0.3 is 15.0 Å². The molecule has 104 valence electrons. The molecule has 1 N–H and O–H groups in total. The van der Waals surface area contributed by atoms with Gasteiger partial charge in [0.05, 0.1) is 6.54 Å². The molecule has 0 spiro atoms. The van der Waals surface area contributed by atoms with E-state index in [9.17, 15) is 0 Å². The fourth-order valence-corrected chi connectivity index (χ4v) is 2.47. The van der Waals surface area contributed by atoms with Crippen molar-refractivity contribution in [1.82, 2.24) is 5.32 Å². The summed E-state index contributed by atoms with van der Waals surface area (Å²) in [5.41, 5.74) is 2.46. The first-order valence-corrected chi connectivity index (χ1v) is 7.09. The molecule has 0 radical (unpaired) electrons. The van der Waals surface area contributed by atoms with Crippen molar-refractivity contribution in [1.29, 1.82) is 0 Å². The zero-order chi connectivity index (χ0) is 13.8. The van der Waals surface area contributed by atoms with Crippen molar-refractivity contribution >= 4 is 5.69 Å². The van der Waals surface area contributed by atoms with Gasteiger partial charge in [-0.1, -0.05) is 35.9 Å². The maximum Gasteiger partial charge on any atom is 0.184 e. The highest BCUT2D eigenvalue weighted by Gasteiger charge is 2.23. The van der Waals surface area contributed by atoms with Crippen molar-refractivity contribution in [3.63, 3.8) is 0 Å². The van der Waals surface area contributed by atoms with Crippen molar-refractivity contribution < 1.29 is 4.74 Å². The van der Waals surface area contributed by atoms with Gasteiger partial charge in [-0.15, -0.1) is 0 Å². The van der Waals surface area contributed by atoms with Crippen LogP contribution in [0.1, 0.15) is 5.56 Å². The van der Waals surface area contributed by atoms with E-state index in [1.165, 1.54) is 11.3 Å². The van der Waals surface area contributed by atoms with Crippen LogP contribution in [0.25, 0.3) is 0 Å². The number of ether oxygens (including phenoxy) is 1. The molecule has 0 aromatic heterocycles. The van der Waals surface area contributed by atoms with E-state index >= 15 is 0 Å². The first kappa shape index (κ1) is 13.0. The molecule has 1 aliphatic rings. The predicted octanol–water partition coefficient (Wildman–Crippen LogP) is 2.81. The van der Waals surface area contributed by atoms with E-state index < -0.39 is 0 Å². The van der Waals surface area contributed by atoms with E-state index in [1.807, 2.05) is 18.2 Å². The van der Waals surface area contributed by atoms with Crippen LogP contribution in [-0.4, -0.2) is 25.9 Å². The topological polar surface area (TPSA) is 24.5 Å². The Morgan fingerprint density at radius 1 is 1.05 bits per heavy atom. The highest BCUT2D eigenvalue weighted by atomic mass is 16.5. The molecule has 0 unspecified atom stereocenters. The molecule has 1 heterocycles. The van der Waals surface area contributed by atoms with Gasteiger partial charge >= 0.3 is 0 Å². The molecule has 1 fully saturated rings. The lowest BCUT2D eigenvalue weighted by Crippen LogP contribution is -2.54. The molecule has 3 nitrogen and oxygen atoms in total. The third-order valence-electron chi connectivity index (χ3n) is 3.58. The Bertz CT molecular complexity index is 539. The van der Waals surface area contributed by atoms with Gasteiger partial charge in [-0.2, -0.15) is 0 Å². The minimum absolute atomic E-state index is 0.0360. The predicted molar refractivity (Wildman–Crippen MR) is 82.3 cm³/mol. The van der Waals surface area contributed by atoms with Gasteiger partial charge in [0.2, 0.25) is 0 Å². The highest BCUT2D eigenvalue weighted by Crippen LogP contribution is 2.21. The summed E-state index contributed by atoms with van der Waals surface area (Å²) in [5, 5.41) is 3.40. The molecule has 0 aliphatic carbocycles. The van der Waals surface area contributed by atoms with Gasteiger partial charge in [-0.05, 0) is 31.2 Å². The Morgan fingerprint density at radius 3 is 2.55 bits per heavy atom. The van der Waals surface area contributed by atoms with Crippen LogP contribution >= 0.6 is 0 Å². The summed E-state index contributed by atoms with van der Waals surface area (Å²) in [5.74, 6) is 0.922. The van der Waals surface area contributed by atoms with Gasteiger partial charge in [-0.25, -0.2) is 0 Å². The van der Waals surface area contributed by atoms with Crippen molar-refractivity contribution in [3.05, 3.63) is 60.2 Å². The molecular formula is C17H20N2O. The Labute approximate surface area is 120 Å². The van der Waals surface area contributed by atoms with E-state index in [0.717, 1.165) is 25.4 Å². The Kier molecular flexibility index (Phi) is 3.88.